The van der Waals surface area contributed by atoms with Crippen molar-refractivity contribution >= 4 is 15.8 Å². The number of hydrogen-bond acceptors (Lipinski definition) is 1. The van der Waals surface area contributed by atoms with Gasteiger partial charge in [-0.3, -0.25) is 0 Å². The maximum atomic E-state index is 10.6. The van der Waals surface area contributed by atoms with Crippen LogP contribution in [0.2, 0.25) is 0 Å². The Morgan fingerprint density at radius 1 is 1.67 bits per heavy atom. The van der Waals surface area contributed by atoms with Gasteiger partial charge in [0.05, 0.1) is 0 Å². The van der Waals surface area contributed by atoms with Crippen LogP contribution in [0.15, 0.2) is 0 Å². The van der Waals surface area contributed by atoms with Crippen molar-refractivity contribution in [2.75, 3.05) is 21.0 Å². The van der Waals surface area contributed by atoms with Crippen molar-refractivity contribution in [1.29, 1.82) is 0 Å². The van der Waals surface area contributed by atoms with E-state index in [-0.39, 0.29) is 0 Å². The topological polar surface area (TPSA) is 27.5 Å². The van der Waals surface area contributed by atoms with Crippen molar-refractivity contribution in [3.63, 3.8) is 0 Å². The number of halogens is 2. The predicted octanol–water partition coefficient (Wildman–Crippen LogP) is -2.88. The van der Waals surface area contributed by atoms with Crippen LogP contribution in [0, 0.1) is 5.21 Å². The van der Waals surface area contributed by atoms with Gasteiger partial charge in [-0.05, 0) is 0 Å². The van der Waals surface area contributed by atoms with Gasteiger partial charge in [0.1, 0.15) is 0 Å². The maximum absolute atomic E-state index is 10.6. The van der Waals surface area contributed by atoms with Crippen LogP contribution in [0.1, 0.15) is 6.92 Å². The van der Waals surface area contributed by atoms with Crippen LogP contribution >= 0.6 is 15.8 Å². The van der Waals surface area contributed by atoms with Gasteiger partial charge in [-0.1, -0.05) is 0 Å². The van der Waals surface area contributed by atoms with Gasteiger partial charge in [-0.2, -0.15) is 0 Å². The third kappa shape index (κ3) is 5.81. The van der Waals surface area contributed by atoms with Gasteiger partial charge in [-0.15, -0.1) is 0 Å². The molecule has 1 atom stereocenters. The number of nitrogens with one attached hydrogen (secondary N) is 1. The van der Waals surface area contributed by atoms with Crippen molar-refractivity contribution in [3.05, 3.63) is 5.21 Å². The third-order valence-electron chi connectivity index (χ3n) is 0.825. The molecule has 0 radical (unpaired) electrons. The molecule has 0 saturated carbocycles. The van der Waals surface area contributed by atoms with Crippen LogP contribution in [0.5, 0.6) is 0 Å². The summed E-state index contributed by atoms with van der Waals surface area (Å²) in [6.45, 7) is 2.23. The Morgan fingerprint density at radius 2 is 2.22 bits per heavy atom. The van der Waals surface area contributed by atoms with E-state index < -0.39 is 15.8 Å². The van der Waals surface area contributed by atoms with Gasteiger partial charge in [0.2, 0.25) is 0 Å². The molecule has 4 heteroatoms. The monoisotopic (exact) mass is 358 g/mol. The van der Waals surface area contributed by atoms with Crippen LogP contribution in [-0.2, 0) is 0 Å². The molecule has 0 aromatic carbocycles. The number of alkyl halides is 3. The summed E-state index contributed by atoms with van der Waals surface area (Å²) in [6.07, 6.45) is 0. The van der Waals surface area contributed by atoms with Crippen LogP contribution in [0.25, 0.3) is 0 Å². The molecule has 0 fully saturated rings. The second-order valence-corrected chi connectivity index (χ2v) is 20.2. The summed E-state index contributed by atoms with van der Waals surface area (Å²) in [6, 6.07) is 0. The molecule has 60 valence electrons. The number of hydrogen-bond donors (Lipinski definition) is 1. The quantitative estimate of drug-likeness (QED) is 0.249. The standard InChI is InChI=1S/C5H14I2NO/c1-4-7(6-2)5-8(3)9/h8H,4-5H2,1-3H3/q-1. The molecule has 0 bridgehead atoms. The zero-order valence-electron chi connectivity index (χ0n) is 6.08. The fraction of sp³-hybridized carbons (Fsp3) is 1.00. The van der Waals surface area contributed by atoms with Crippen molar-refractivity contribution < 1.29 is 22.3 Å². The molecule has 0 aliphatic carbocycles. The summed E-state index contributed by atoms with van der Waals surface area (Å²) >= 11 is -0.203. The van der Waals surface area contributed by atoms with E-state index in [0.29, 0.717) is 22.3 Å². The van der Waals surface area contributed by atoms with Crippen molar-refractivity contribution in [3.8, 4) is 0 Å². The first-order valence-electron chi connectivity index (χ1n) is 2.82. The summed E-state index contributed by atoms with van der Waals surface area (Å²) in [5.74, 6) is 0. The van der Waals surface area contributed by atoms with E-state index in [1.54, 1.807) is 7.05 Å². The molecule has 0 aliphatic rings. The van der Waals surface area contributed by atoms with E-state index in [0.717, 1.165) is 4.55 Å². The summed E-state index contributed by atoms with van der Waals surface area (Å²) in [5, 5.41) is 11.0. The Hall–Kier alpha value is 1.38. The first-order valence-corrected chi connectivity index (χ1v) is 14.3. The molecule has 0 heterocycles. The van der Waals surface area contributed by atoms with Crippen molar-refractivity contribution in [2.45, 2.75) is 6.92 Å². The Kier molecular flexibility index (Phi) is 7.05. The molecule has 2 nitrogen and oxygen atoms in total. The van der Waals surface area contributed by atoms with Gasteiger partial charge < -0.3 is 0 Å². The molecular formula is C5H14I2NO-. The SMILES string of the molecule is CCI(C[NH+](C)[O-])[I-]C. The Morgan fingerprint density at radius 3 is 2.33 bits per heavy atom. The van der Waals surface area contributed by atoms with Crippen LogP contribution in [0.3, 0.4) is 0 Å². The third-order valence-corrected chi connectivity index (χ3v) is 19.1. The molecule has 1 N–H and O–H groups in total. The number of quaternary nitrogens is 1. The van der Waals surface area contributed by atoms with E-state index in [4.69, 9.17) is 0 Å². The second-order valence-electron chi connectivity index (χ2n) is 1.64. The first kappa shape index (κ1) is 10.4. The zero-order valence-corrected chi connectivity index (χ0v) is 10.4. The molecule has 0 aromatic heterocycles. The molecule has 0 rings (SSSR count). The molecule has 0 aliphatic heterocycles. The van der Waals surface area contributed by atoms with Crippen molar-refractivity contribution in [1.82, 2.24) is 0 Å². The van der Waals surface area contributed by atoms with E-state index in [9.17, 15) is 5.21 Å². The minimum absolute atomic E-state index is 0.420. The Labute approximate surface area is 70.6 Å². The van der Waals surface area contributed by atoms with Crippen molar-refractivity contribution in [2.24, 2.45) is 0 Å². The van der Waals surface area contributed by atoms with Crippen LogP contribution < -0.4 is 22.3 Å². The van der Waals surface area contributed by atoms with E-state index in [2.05, 4.69) is 11.9 Å². The van der Waals surface area contributed by atoms with Crippen LogP contribution in [0.4, 0.5) is 0 Å². The zero-order chi connectivity index (χ0) is 7.28. The van der Waals surface area contributed by atoms with Gasteiger partial charge in [-0.25, -0.2) is 0 Å². The van der Waals surface area contributed by atoms with Gasteiger partial charge in [0, 0.05) is 0 Å². The van der Waals surface area contributed by atoms with E-state index in [1.807, 2.05) is 0 Å². The summed E-state index contributed by atoms with van der Waals surface area (Å²) in [7, 11) is 1.72. The molecule has 1 unspecified atom stereocenters. The summed E-state index contributed by atoms with van der Waals surface area (Å²) < 4.78 is 2.32. The van der Waals surface area contributed by atoms with Crippen LogP contribution in [-0.4, -0.2) is 21.0 Å². The molecule has 0 spiro atoms. The van der Waals surface area contributed by atoms with Gasteiger partial charge >= 0.3 is 71.2 Å². The summed E-state index contributed by atoms with van der Waals surface area (Å²) in [5.41, 5.74) is 0. The van der Waals surface area contributed by atoms with E-state index in [1.165, 1.54) is 4.43 Å². The first-order chi connectivity index (χ1) is 4.20. The Balaban J connectivity index is 3.31. The number of rotatable bonds is 4. The predicted molar refractivity (Wildman–Crippen MR) is 45.6 cm³/mol. The fourth-order valence-corrected chi connectivity index (χ4v) is 11.5. The molecular weight excluding hydrogens is 344 g/mol. The normalized spacial score (nSPS) is 15.8. The second kappa shape index (κ2) is 6.11. The molecule has 9 heavy (non-hydrogen) atoms. The fourth-order valence-electron chi connectivity index (χ4n) is 0.450. The van der Waals surface area contributed by atoms with E-state index >= 15 is 0 Å². The molecule has 0 amide bonds. The average Bonchev–Trinajstić information content (AvgIpc) is 1.82. The van der Waals surface area contributed by atoms with Gasteiger partial charge in [0.15, 0.2) is 0 Å². The molecule has 0 aromatic rings. The van der Waals surface area contributed by atoms with Gasteiger partial charge in [0.25, 0.3) is 0 Å². The Bertz CT molecular complexity index is 66.0. The summed E-state index contributed by atoms with van der Waals surface area (Å²) in [4.78, 5) is 2.32. The average molecular weight is 358 g/mol. The molecule has 0 saturated heterocycles. The number of hydroxylamine groups is 2. The minimum atomic E-state index is -0.647.